The molecule has 1 unspecified atom stereocenters. The van der Waals surface area contributed by atoms with E-state index >= 15 is 0 Å². The van der Waals surface area contributed by atoms with Crippen LogP contribution in [0.3, 0.4) is 0 Å². The van der Waals surface area contributed by atoms with Crippen LogP contribution in [-0.2, 0) is 9.88 Å². The molecular weight excluding hydrogens is 358 g/mol. The zero-order valence-corrected chi connectivity index (χ0v) is 18.2. The van der Waals surface area contributed by atoms with Crippen LogP contribution in [0.25, 0.3) is 16.7 Å². The fraction of sp³-hybridized carbons (Fsp3) is 0.280. The summed E-state index contributed by atoms with van der Waals surface area (Å²) in [6.45, 7) is 15.7. The first-order valence-electron chi connectivity index (χ1n) is 9.78. The molecule has 1 radical (unpaired) electrons. The molecule has 4 rings (SSSR count). The van der Waals surface area contributed by atoms with Crippen LogP contribution in [0.15, 0.2) is 60.3 Å². The van der Waals surface area contributed by atoms with Crippen LogP contribution in [0.5, 0.6) is 0 Å². The maximum Gasteiger partial charge on any atom is 0.468 e. The molecule has 0 aliphatic heterocycles. The van der Waals surface area contributed by atoms with E-state index in [0.29, 0.717) is 0 Å². The van der Waals surface area contributed by atoms with Gasteiger partial charge < -0.3 is 9.44 Å². The molecule has 1 N–H and O–H groups in total. The Morgan fingerprint density at radius 1 is 1.00 bits per heavy atom. The van der Waals surface area contributed by atoms with E-state index in [1.165, 1.54) is 44.5 Å². The number of benzene rings is 2. The third-order valence-electron chi connectivity index (χ3n) is 6.09. The van der Waals surface area contributed by atoms with Crippen LogP contribution in [-0.4, -0.2) is 9.57 Å². The molecule has 0 fully saturated rings. The number of rotatable bonds is 2. The first-order chi connectivity index (χ1) is 13.3. The lowest BCUT2D eigenvalue weighted by Crippen LogP contribution is -2.18. The second kappa shape index (κ2) is 6.52. The predicted octanol–water partition coefficient (Wildman–Crippen LogP) is 5.75. The maximum atomic E-state index is 11.4. The van der Waals surface area contributed by atoms with E-state index in [1.807, 2.05) is 0 Å². The molecule has 2 aliphatic rings. The van der Waals surface area contributed by atoms with E-state index < -0.39 is 9.57 Å². The van der Waals surface area contributed by atoms with Crippen molar-refractivity contribution in [3.8, 4) is 0 Å². The Balaban J connectivity index is 2.15. The Morgan fingerprint density at radius 2 is 1.64 bits per heavy atom. The number of allylic oxidation sites excluding steroid dienone is 3. The van der Waals surface area contributed by atoms with Crippen molar-refractivity contribution in [2.75, 3.05) is 0 Å². The summed E-state index contributed by atoms with van der Waals surface area (Å²) in [5, 5.41) is 0. The second-order valence-corrected chi connectivity index (χ2v) is 9.23. The summed E-state index contributed by atoms with van der Waals surface area (Å²) in [6.07, 6.45) is 0. The molecule has 2 aromatic rings. The third kappa shape index (κ3) is 2.60. The van der Waals surface area contributed by atoms with Gasteiger partial charge in [-0.2, -0.15) is 0 Å². The zero-order valence-electron chi connectivity index (χ0n) is 17.2. The maximum absolute atomic E-state index is 11.4. The average molecular weight is 385 g/mol. The molecule has 2 nitrogen and oxygen atoms in total. The Kier molecular flexibility index (Phi) is 4.39. The minimum atomic E-state index is -0.548. The Hall–Kier alpha value is -2.52. The Bertz CT molecular complexity index is 1080. The van der Waals surface area contributed by atoms with Gasteiger partial charge in [0.05, 0.1) is 0 Å². The van der Waals surface area contributed by atoms with Crippen molar-refractivity contribution in [3.63, 3.8) is 0 Å². The van der Waals surface area contributed by atoms with Crippen molar-refractivity contribution in [1.82, 2.24) is 4.98 Å². The zero-order chi connectivity index (χ0) is 20.2. The van der Waals surface area contributed by atoms with Crippen LogP contribution in [0.4, 0.5) is 0 Å². The highest BCUT2D eigenvalue weighted by molar-refractivity contribution is 6.16. The van der Waals surface area contributed by atoms with Gasteiger partial charge in [-0.25, -0.2) is 0 Å². The lowest BCUT2D eigenvalue weighted by molar-refractivity contribution is 0.568. The van der Waals surface area contributed by atoms with Crippen LogP contribution in [0, 0.1) is 5.92 Å². The van der Waals surface area contributed by atoms with Crippen molar-refractivity contribution in [1.29, 1.82) is 0 Å². The summed E-state index contributed by atoms with van der Waals surface area (Å²) in [5.41, 5.74) is 12.1. The Labute approximate surface area is 170 Å². The molecule has 0 amide bonds. The molecule has 141 valence electrons. The fourth-order valence-corrected chi connectivity index (χ4v) is 5.33. The topological polar surface area (TPSA) is 29.1 Å². The Morgan fingerprint density at radius 3 is 2.29 bits per heavy atom. The fourth-order valence-electron chi connectivity index (χ4n) is 4.82. The molecule has 0 spiro atoms. The number of nitrogens with one attached hydrogen (secondary N) is 1. The monoisotopic (exact) mass is 384 g/mol. The smallest absolute Gasteiger partial charge is 0.360 e. The molecule has 0 heterocycles. The summed E-state index contributed by atoms with van der Waals surface area (Å²) in [6, 6.07) is 15.2. The average Bonchev–Trinajstić information content (AvgIpc) is 2.84. The summed E-state index contributed by atoms with van der Waals surface area (Å²) < 4.78 is 11.4. The van der Waals surface area contributed by atoms with Gasteiger partial charge in [0.1, 0.15) is 0 Å². The predicted molar refractivity (Wildman–Crippen MR) is 118 cm³/mol. The molecule has 3 heteroatoms. The highest BCUT2D eigenvalue weighted by Crippen LogP contribution is 2.53. The molecule has 0 aromatic heterocycles. The van der Waals surface area contributed by atoms with Crippen molar-refractivity contribution in [2.24, 2.45) is 5.92 Å². The highest BCUT2D eigenvalue weighted by atomic mass is 28.2. The van der Waals surface area contributed by atoms with Crippen molar-refractivity contribution < 1.29 is 4.46 Å². The van der Waals surface area contributed by atoms with Gasteiger partial charge in [0.25, 0.3) is 0 Å². The van der Waals surface area contributed by atoms with E-state index in [1.54, 1.807) is 0 Å². The van der Waals surface area contributed by atoms with Gasteiger partial charge in [-0.3, -0.25) is 0 Å². The van der Waals surface area contributed by atoms with Gasteiger partial charge in [0, 0.05) is 11.6 Å². The van der Waals surface area contributed by atoms with E-state index in [2.05, 4.69) is 88.6 Å². The molecule has 1 atom stereocenters. The summed E-state index contributed by atoms with van der Waals surface area (Å²) in [7, 11) is -0.548. The van der Waals surface area contributed by atoms with Crippen LogP contribution < -0.4 is 4.98 Å². The van der Waals surface area contributed by atoms with Gasteiger partial charge in [-0.05, 0) is 62.4 Å². The van der Waals surface area contributed by atoms with Crippen LogP contribution >= 0.6 is 0 Å². The SMILES string of the molecule is C=C1c2ccccc2C2=C(C(C)=C(N[Si]=O)C2C)c2cccc(C(C)(C)C)c21. The third-order valence-corrected chi connectivity index (χ3v) is 6.46. The van der Waals surface area contributed by atoms with Crippen molar-refractivity contribution in [3.05, 3.63) is 88.1 Å². The molecule has 0 bridgehead atoms. The first-order valence-corrected chi connectivity index (χ1v) is 10.7. The van der Waals surface area contributed by atoms with Crippen LogP contribution in [0.2, 0.25) is 0 Å². The molecule has 0 saturated heterocycles. The van der Waals surface area contributed by atoms with E-state index in [-0.39, 0.29) is 11.3 Å². The summed E-state index contributed by atoms with van der Waals surface area (Å²) in [4.78, 5) is 3.13. The number of hydrogen-bond donors (Lipinski definition) is 1. The number of fused-ring (bicyclic) bond motifs is 4. The van der Waals surface area contributed by atoms with Crippen molar-refractivity contribution >= 4 is 26.3 Å². The van der Waals surface area contributed by atoms with E-state index in [0.717, 1.165) is 11.3 Å². The quantitative estimate of drug-likeness (QED) is 0.668. The van der Waals surface area contributed by atoms with Crippen LogP contribution in [0.1, 0.15) is 62.4 Å². The minimum absolute atomic E-state index is 0.00755. The van der Waals surface area contributed by atoms with E-state index in [9.17, 15) is 4.46 Å². The largest absolute Gasteiger partial charge is 0.468 e. The van der Waals surface area contributed by atoms with Gasteiger partial charge in [-0.15, -0.1) is 0 Å². The second-order valence-electron chi connectivity index (χ2n) is 8.78. The standard InChI is InChI=1S/C25H26NOSi/c1-14-17-10-7-8-11-18(17)22-15(2)24(26-28-27)16(3)23(22)19-12-9-13-20(21(14)19)25(4,5)6/h7-13,15,26H,1H2,2-6H3. The van der Waals surface area contributed by atoms with Gasteiger partial charge in [-0.1, -0.05) is 76.7 Å². The molecule has 28 heavy (non-hydrogen) atoms. The summed E-state index contributed by atoms with van der Waals surface area (Å²) >= 11 is 0. The normalized spacial score (nSPS) is 18.5. The van der Waals surface area contributed by atoms with Crippen molar-refractivity contribution in [2.45, 2.75) is 40.0 Å². The lowest BCUT2D eigenvalue weighted by atomic mass is 9.78. The number of hydrogen-bond acceptors (Lipinski definition) is 1. The van der Waals surface area contributed by atoms with Gasteiger partial charge in [0.15, 0.2) is 0 Å². The minimum Gasteiger partial charge on any atom is -0.360 e. The van der Waals surface area contributed by atoms with Gasteiger partial charge in [0.2, 0.25) is 0 Å². The van der Waals surface area contributed by atoms with E-state index in [4.69, 9.17) is 0 Å². The molecular formula is C25H26NOSi. The molecule has 0 saturated carbocycles. The molecule has 2 aliphatic carbocycles. The lowest BCUT2D eigenvalue weighted by Gasteiger charge is -2.26. The van der Waals surface area contributed by atoms with Gasteiger partial charge >= 0.3 is 9.57 Å². The highest BCUT2D eigenvalue weighted by Gasteiger charge is 2.36. The first kappa shape index (κ1) is 18.8. The summed E-state index contributed by atoms with van der Waals surface area (Å²) in [5.74, 6) is 0.162. The molecule has 2 aromatic carbocycles.